The number of hydrogen-bond acceptors (Lipinski definition) is 15. The second kappa shape index (κ2) is 17.0. The number of rotatable bonds is 15. The molecule has 11 atom stereocenters. The molecule has 5 N–H and O–H groups in total. The lowest BCUT2D eigenvalue weighted by Crippen LogP contribution is -2.62. The normalized spacial score (nSPS) is 34.9. The van der Waals surface area contributed by atoms with Gasteiger partial charge in [0.05, 0.1) is 20.3 Å². The molecule has 2 rings (SSSR count). The average Bonchev–Trinajstić information content (AvgIpc) is 2.94. The van der Waals surface area contributed by atoms with Gasteiger partial charge in [0, 0.05) is 25.6 Å². The van der Waals surface area contributed by atoms with E-state index in [1.165, 1.54) is 21.3 Å². The maximum Gasteiger partial charge on any atom is 0.314 e. The Labute approximate surface area is 230 Å². The van der Waals surface area contributed by atoms with Gasteiger partial charge in [-0.1, -0.05) is 18.0 Å². The predicted molar refractivity (Wildman–Crippen MR) is 130 cm³/mol. The molecule has 17 heteroatoms. The molecule has 0 amide bonds. The molecule has 2 fully saturated rings. The van der Waals surface area contributed by atoms with Crippen LogP contribution < -0.4 is 0 Å². The number of hydrogen-bond donors (Lipinski definition) is 5. The van der Waals surface area contributed by atoms with E-state index >= 15 is 0 Å². The van der Waals surface area contributed by atoms with Gasteiger partial charge in [-0.3, -0.25) is 9.59 Å². The summed E-state index contributed by atoms with van der Waals surface area (Å²) in [6.45, 7) is -0.526. The van der Waals surface area contributed by atoms with Crippen molar-refractivity contribution in [2.75, 3.05) is 34.5 Å². The third kappa shape index (κ3) is 9.19. The summed E-state index contributed by atoms with van der Waals surface area (Å²) in [7, 11) is 3.78. The molecule has 0 aromatic carbocycles. The quantitative estimate of drug-likeness (QED) is 0.0474. The molecule has 0 aliphatic carbocycles. The minimum atomic E-state index is -1.63. The van der Waals surface area contributed by atoms with Gasteiger partial charge in [-0.2, -0.15) is 0 Å². The summed E-state index contributed by atoms with van der Waals surface area (Å²) in [5.74, 6) is -1.37. The highest BCUT2D eigenvalue weighted by Crippen LogP contribution is 2.27. The van der Waals surface area contributed by atoms with Gasteiger partial charge >= 0.3 is 11.9 Å². The van der Waals surface area contributed by atoms with Gasteiger partial charge in [-0.15, -0.1) is 0 Å². The lowest BCUT2D eigenvalue weighted by atomic mass is 9.98. The largest absolute Gasteiger partial charge is 0.469 e. The van der Waals surface area contributed by atoms with E-state index in [4.69, 9.17) is 34.0 Å². The molecule has 0 aromatic heterocycles. The molecule has 0 spiro atoms. The Morgan fingerprint density at radius 1 is 0.875 bits per heavy atom. The SMILES string of the molecule is COCC1O[C@H](OCC2O[C@H](OC)C(O)[C@@H](OC(=O)CCCCC[C@H](N=[N+]=[N-])C(=O)OC)[C@@H]2O)C(O)[C@@H](O)[C@@H]1O. The molecule has 2 aliphatic heterocycles. The molecule has 4 unspecified atom stereocenters. The zero-order valence-corrected chi connectivity index (χ0v) is 22.6. The van der Waals surface area contributed by atoms with E-state index in [2.05, 4.69) is 14.8 Å². The first kappa shape index (κ1) is 34.1. The summed E-state index contributed by atoms with van der Waals surface area (Å²) >= 11 is 0. The van der Waals surface area contributed by atoms with Crippen LogP contribution in [0.2, 0.25) is 0 Å². The second-order valence-electron chi connectivity index (χ2n) is 9.36. The fourth-order valence-corrected chi connectivity index (χ4v) is 4.34. The van der Waals surface area contributed by atoms with Crippen molar-refractivity contribution in [1.29, 1.82) is 0 Å². The second-order valence-corrected chi connectivity index (χ2v) is 9.36. The number of methoxy groups -OCH3 is 3. The van der Waals surface area contributed by atoms with Crippen molar-refractivity contribution in [3.8, 4) is 0 Å². The zero-order chi connectivity index (χ0) is 29.8. The Bertz CT molecular complexity index is 846. The van der Waals surface area contributed by atoms with Crippen LogP contribution in [0.3, 0.4) is 0 Å². The van der Waals surface area contributed by atoms with E-state index in [-0.39, 0.29) is 19.4 Å². The Morgan fingerprint density at radius 3 is 2.17 bits per heavy atom. The minimum Gasteiger partial charge on any atom is -0.469 e. The van der Waals surface area contributed by atoms with Crippen molar-refractivity contribution < 1.29 is 68.3 Å². The van der Waals surface area contributed by atoms with Crippen LogP contribution in [0.4, 0.5) is 0 Å². The van der Waals surface area contributed by atoms with Gasteiger partial charge in [-0.05, 0) is 18.4 Å². The molecule has 17 nitrogen and oxygen atoms in total. The van der Waals surface area contributed by atoms with Crippen molar-refractivity contribution in [3.05, 3.63) is 10.4 Å². The summed E-state index contributed by atoms with van der Waals surface area (Å²) in [5.41, 5.74) is 8.55. The summed E-state index contributed by atoms with van der Waals surface area (Å²) in [4.78, 5) is 26.6. The Hall–Kier alpha value is -2.15. The summed E-state index contributed by atoms with van der Waals surface area (Å²) in [6.07, 6.45) is -12.6. The first-order valence-electron chi connectivity index (χ1n) is 12.8. The molecular weight excluding hydrogens is 542 g/mol. The number of carbonyl (C=O) groups excluding carboxylic acids is 2. The summed E-state index contributed by atoms with van der Waals surface area (Å²) < 4.78 is 36.4. The molecule has 2 aliphatic rings. The molecule has 0 aromatic rings. The van der Waals surface area contributed by atoms with Crippen LogP contribution in [0.1, 0.15) is 32.1 Å². The maximum atomic E-state index is 12.5. The Kier molecular flexibility index (Phi) is 14.4. The molecule has 0 saturated carbocycles. The average molecular weight is 582 g/mol. The summed E-state index contributed by atoms with van der Waals surface area (Å²) in [6, 6.07) is -0.959. The minimum absolute atomic E-state index is 0.0662. The monoisotopic (exact) mass is 581 g/mol. The van der Waals surface area contributed by atoms with E-state index < -0.39 is 86.0 Å². The first-order valence-corrected chi connectivity index (χ1v) is 12.8. The smallest absolute Gasteiger partial charge is 0.314 e. The van der Waals surface area contributed by atoms with Gasteiger partial charge in [0.1, 0.15) is 48.8 Å². The highest BCUT2D eigenvalue weighted by atomic mass is 16.7. The van der Waals surface area contributed by atoms with Crippen LogP contribution >= 0.6 is 0 Å². The number of aliphatic hydroxyl groups is 5. The highest BCUT2D eigenvalue weighted by Gasteiger charge is 2.49. The number of carbonyl (C=O) groups is 2. The van der Waals surface area contributed by atoms with Gasteiger partial charge in [0.25, 0.3) is 0 Å². The topological polar surface area (TPSA) is 249 Å². The van der Waals surface area contributed by atoms with Crippen molar-refractivity contribution in [3.63, 3.8) is 0 Å². The third-order valence-corrected chi connectivity index (χ3v) is 6.59. The van der Waals surface area contributed by atoms with Gasteiger partial charge in [0.15, 0.2) is 18.7 Å². The molecule has 2 heterocycles. The van der Waals surface area contributed by atoms with Gasteiger partial charge < -0.3 is 58.7 Å². The first-order chi connectivity index (χ1) is 19.1. The number of azide groups is 1. The summed E-state index contributed by atoms with van der Waals surface area (Å²) in [5, 5.41) is 55.1. The van der Waals surface area contributed by atoms with Crippen molar-refractivity contribution in [2.45, 2.75) is 99.6 Å². The fraction of sp³-hybridized carbons (Fsp3) is 0.913. The number of nitrogens with zero attached hydrogens (tertiary/aromatic N) is 3. The zero-order valence-electron chi connectivity index (χ0n) is 22.6. The van der Waals surface area contributed by atoms with E-state index in [9.17, 15) is 35.1 Å². The van der Waals surface area contributed by atoms with Crippen LogP contribution in [0.15, 0.2) is 5.11 Å². The van der Waals surface area contributed by atoms with E-state index in [0.717, 1.165) is 0 Å². The van der Waals surface area contributed by atoms with Crippen LogP contribution in [-0.4, -0.2) is 139 Å². The lowest BCUT2D eigenvalue weighted by Gasteiger charge is -2.43. The Balaban J connectivity index is 1.90. The van der Waals surface area contributed by atoms with Gasteiger partial charge in [-0.25, -0.2) is 0 Å². The molecular formula is C23H39N3O14. The van der Waals surface area contributed by atoms with Gasteiger partial charge in [0.2, 0.25) is 0 Å². The van der Waals surface area contributed by atoms with Crippen molar-refractivity contribution in [2.24, 2.45) is 5.11 Å². The predicted octanol–water partition coefficient (Wildman–Crippen LogP) is -1.74. The maximum absolute atomic E-state index is 12.5. The third-order valence-electron chi connectivity index (χ3n) is 6.59. The lowest BCUT2D eigenvalue weighted by molar-refractivity contribution is -0.329. The Morgan fingerprint density at radius 2 is 1.55 bits per heavy atom. The van der Waals surface area contributed by atoms with Crippen LogP contribution in [0.5, 0.6) is 0 Å². The molecule has 230 valence electrons. The molecule has 2 saturated heterocycles. The van der Waals surface area contributed by atoms with Crippen molar-refractivity contribution >= 4 is 11.9 Å². The molecule has 0 radical (unpaired) electrons. The van der Waals surface area contributed by atoms with Crippen LogP contribution in [0.25, 0.3) is 10.4 Å². The number of aliphatic hydroxyl groups excluding tert-OH is 5. The fourth-order valence-electron chi connectivity index (χ4n) is 4.34. The number of ether oxygens (including phenoxy) is 7. The van der Waals surface area contributed by atoms with Crippen LogP contribution in [0, 0.1) is 0 Å². The number of unbranched alkanes of at least 4 members (excludes halogenated alkanes) is 2. The number of esters is 2. The van der Waals surface area contributed by atoms with Crippen LogP contribution in [-0.2, 0) is 42.7 Å². The molecule has 40 heavy (non-hydrogen) atoms. The van der Waals surface area contributed by atoms with E-state index in [1.54, 1.807) is 0 Å². The highest BCUT2D eigenvalue weighted by molar-refractivity contribution is 5.75. The molecule has 0 bridgehead atoms. The standard InChI is InChI=1S/C23H39N3O14/c1-34-9-12-15(28)17(30)18(31)23(39-12)37-10-13-16(29)20(19(32)22(36-3)38-13)40-14(27)8-6-4-5-7-11(25-26-24)21(33)35-2/h11-13,15-20,22-23,28-32H,4-10H2,1-3H3/t11-,12?,13?,15+,16+,17-,18?,19?,20-,22-,23-/m0/s1. The van der Waals surface area contributed by atoms with E-state index in [1.807, 2.05) is 0 Å². The van der Waals surface area contributed by atoms with Crippen molar-refractivity contribution in [1.82, 2.24) is 0 Å². The van der Waals surface area contributed by atoms with E-state index in [0.29, 0.717) is 19.3 Å².